The fourth-order valence-corrected chi connectivity index (χ4v) is 4.68. The Hall–Kier alpha value is -3.47. The molecule has 0 saturated carbocycles. The van der Waals surface area contributed by atoms with Crippen LogP contribution in [-0.4, -0.2) is 74.0 Å². The van der Waals surface area contributed by atoms with Gasteiger partial charge < -0.3 is 20.2 Å². The van der Waals surface area contributed by atoms with Gasteiger partial charge in [-0.25, -0.2) is 18.4 Å². The SMILES string of the molecule is CS(=O)(=O)c1ccc2nc(-c3cc(-c4ccc(OCCN5CCOCC5)cc4)cnc3N)[nH]c2c1. The topological polar surface area (TPSA) is 123 Å². The van der Waals surface area contributed by atoms with Gasteiger partial charge >= 0.3 is 0 Å². The van der Waals surface area contributed by atoms with Gasteiger partial charge in [0, 0.05) is 37.7 Å². The third-order valence-corrected chi connectivity index (χ3v) is 7.13. The van der Waals surface area contributed by atoms with E-state index in [9.17, 15) is 8.42 Å². The number of morpholine rings is 1. The van der Waals surface area contributed by atoms with Gasteiger partial charge in [-0.1, -0.05) is 12.1 Å². The summed E-state index contributed by atoms with van der Waals surface area (Å²) in [5, 5.41) is 0. The van der Waals surface area contributed by atoms with Gasteiger partial charge in [0.2, 0.25) is 0 Å². The highest BCUT2D eigenvalue weighted by Gasteiger charge is 2.14. The number of aromatic nitrogens is 3. The van der Waals surface area contributed by atoms with Crippen LogP contribution in [0.15, 0.2) is 59.6 Å². The molecule has 10 heteroatoms. The molecule has 2 aromatic heterocycles. The second-order valence-electron chi connectivity index (χ2n) is 8.52. The van der Waals surface area contributed by atoms with E-state index in [0.717, 1.165) is 49.7 Å². The normalized spacial score (nSPS) is 14.9. The highest BCUT2D eigenvalue weighted by atomic mass is 32.2. The van der Waals surface area contributed by atoms with Crippen LogP contribution >= 0.6 is 0 Å². The lowest BCUT2D eigenvalue weighted by Crippen LogP contribution is -2.38. The molecule has 35 heavy (non-hydrogen) atoms. The van der Waals surface area contributed by atoms with Crippen LogP contribution < -0.4 is 10.5 Å². The number of imidazole rings is 1. The van der Waals surface area contributed by atoms with Crippen molar-refractivity contribution in [2.45, 2.75) is 4.90 Å². The predicted molar refractivity (Wildman–Crippen MR) is 135 cm³/mol. The van der Waals surface area contributed by atoms with Crippen LogP contribution in [0.2, 0.25) is 0 Å². The molecule has 0 radical (unpaired) electrons. The van der Waals surface area contributed by atoms with Gasteiger partial charge in [0.05, 0.1) is 34.7 Å². The molecule has 0 atom stereocenters. The largest absolute Gasteiger partial charge is 0.492 e. The van der Waals surface area contributed by atoms with E-state index in [4.69, 9.17) is 15.2 Å². The summed E-state index contributed by atoms with van der Waals surface area (Å²) in [7, 11) is -3.32. The number of nitrogens with one attached hydrogen (secondary N) is 1. The highest BCUT2D eigenvalue weighted by Crippen LogP contribution is 2.30. The Morgan fingerprint density at radius 3 is 2.60 bits per heavy atom. The number of pyridine rings is 1. The quantitative estimate of drug-likeness (QED) is 0.403. The average molecular weight is 494 g/mol. The van der Waals surface area contributed by atoms with E-state index >= 15 is 0 Å². The first-order valence-corrected chi connectivity index (χ1v) is 13.2. The van der Waals surface area contributed by atoms with Crippen LogP contribution in [0.5, 0.6) is 5.75 Å². The van der Waals surface area contributed by atoms with Gasteiger partial charge in [0.1, 0.15) is 24.0 Å². The number of nitrogens with two attached hydrogens (primary N) is 1. The van der Waals surface area contributed by atoms with E-state index in [1.165, 1.54) is 6.26 Å². The molecule has 1 aliphatic heterocycles. The summed E-state index contributed by atoms with van der Waals surface area (Å²) in [4.78, 5) is 14.7. The zero-order valence-corrected chi connectivity index (χ0v) is 20.2. The van der Waals surface area contributed by atoms with Gasteiger partial charge in [-0.05, 0) is 42.0 Å². The van der Waals surface area contributed by atoms with Crippen LogP contribution in [0.25, 0.3) is 33.5 Å². The molecule has 9 nitrogen and oxygen atoms in total. The van der Waals surface area contributed by atoms with Crippen molar-refractivity contribution in [2.24, 2.45) is 0 Å². The summed E-state index contributed by atoms with van der Waals surface area (Å²) < 4.78 is 35.0. The second-order valence-corrected chi connectivity index (χ2v) is 10.5. The first-order valence-electron chi connectivity index (χ1n) is 11.4. The monoisotopic (exact) mass is 493 g/mol. The minimum absolute atomic E-state index is 0.229. The highest BCUT2D eigenvalue weighted by molar-refractivity contribution is 7.90. The maximum Gasteiger partial charge on any atom is 0.175 e. The molecule has 1 fully saturated rings. The predicted octanol–water partition coefficient (Wildman–Crippen LogP) is 2.99. The Balaban J connectivity index is 1.33. The summed E-state index contributed by atoms with van der Waals surface area (Å²) in [5.41, 5.74) is 9.92. The molecule has 1 aliphatic rings. The number of fused-ring (bicyclic) bond motifs is 1. The van der Waals surface area contributed by atoms with Crippen LogP contribution in [0.3, 0.4) is 0 Å². The molecule has 182 valence electrons. The minimum Gasteiger partial charge on any atom is -0.492 e. The first-order chi connectivity index (χ1) is 16.9. The lowest BCUT2D eigenvalue weighted by Gasteiger charge is -2.26. The van der Waals surface area contributed by atoms with E-state index in [1.54, 1.807) is 24.4 Å². The number of nitrogen functional groups attached to an aromatic ring is 1. The minimum atomic E-state index is -3.32. The molecule has 0 amide bonds. The number of anilines is 1. The van der Waals surface area contributed by atoms with Crippen molar-refractivity contribution in [1.29, 1.82) is 0 Å². The van der Waals surface area contributed by atoms with Gasteiger partial charge in [0.25, 0.3) is 0 Å². The third-order valence-electron chi connectivity index (χ3n) is 6.02. The first kappa shape index (κ1) is 23.3. The fraction of sp³-hybridized carbons (Fsp3) is 0.280. The molecule has 3 N–H and O–H groups in total. The van der Waals surface area contributed by atoms with Crippen molar-refractivity contribution in [2.75, 3.05) is 51.4 Å². The molecular formula is C25H27N5O4S. The number of benzene rings is 2. The molecule has 2 aromatic carbocycles. The van der Waals surface area contributed by atoms with Crippen LogP contribution in [0.1, 0.15) is 0 Å². The number of rotatable bonds is 7. The maximum absolute atomic E-state index is 11.9. The van der Waals surface area contributed by atoms with Crippen molar-refractivity contribution in [3.63, 3.8) is 0 Å². The van der Waals surface area contributed by atoms with Crippen molar-refractivity contribution in [3.8, 4) is 28.3 Å². The molecule has 5 rings (SSSR count). The Morgan fingerprint density at radius 1 is 1.09 bits per heavy atom. The molecule has 0 unspecified atom stereocenters. The van der Waals surface area contributed by atoms with Gasteiger partial charge in [-0.15, -0.1) is 0 Å². The second kappa shape index (κ2) is 9.65. The molecule has 4 aromatic rings. The summed E-state index contributed by atoms with van der Waals surface area (Å²) in [6.07, 6.45) is 2.90. The maximum atomic E-state index is 11.9. The molecule has 0 bridgehead atoms. The molecule has 3 heterocycles. The summed E-state index contributed by atoms with van der Waals surface area (Å²) in [6, 6.07) is 14.6. The lowest BCUT2D eigenvalue weighted by molar-refractivity contribution is 0.0322. The number of hydrogen-bond donors (Lipinski definition) is 2. The zero-order chi connectivity index (χ0) is 24.4. The van der Waals surface area contributed by atoms with E-state index in [-0.39, 0.29) is 4.90 Å². The van der Waals surface area contributed by atoms with Gasteiger partial charge in [-0.3, -0.25) is 4.90 Å². The van der Waals surface area contributed by atoms with E-state index in [2.05, 4.69) is 19.9 Å². The number of sulfone groups is 1. The zero-order valence-electron chi connectivity index (χ0n) is 19.4. The Kier molecular flexibility index (Phi) is 6.42. The Labute approximate surface area is 203 Å². The number of aromatic amines is 1. The molecule has 1 saturated heterocycles. The van der Waals surface area contributed by atoms with Crippen molar-refractivity contribution in [3.05, 3.63) is 54.7 Å². The van der Waals surface area contributed by atoms with Crippen LogP contribution in [-0.2, 0) is 14.6 Å². The molecule has 0 aliphatic carbocycles. The third kappa shape index (κ3) is 5.29. The van der Waals surface area contributed by atoms with Crippen LogP contribution in [0, 0.1) is 0 Å². The number of H-pyrrole nitrogens is 1. The fourth-order valence-electron chi connectivity index (χ4n) is 4.03. The van der Waals surface area contributed by atoms with Crippen LogP contribution in [0.4, 0.5) is 5.82 Å². The van der Waals surface area contributed by atoms with Crippen molar-refractivity contribution < 1.29 is 17.9 Å². The Bertz CT molecular complexity index is 1440. The Morgan fingerprint density at radius 2 is 1.86 bits per heavy atom. The number of hydrogen-bond acceptors (Lipinski definition) is 8. The number of ether oxygens (including phenoxy) is 2. The number of nitrogens with zero attached hydrogens (tertiary/aromatic N) is 3. The molecular weight excluding hydrogens is 466 g/mol. The van der Waals surface area contributed by atoms with E-state index < -0.39 is 9.84 Å². The summed E-state index contributed by atoms with van der Waals surface area (Å²) in [6.45, 7) is 4.95. The van der Waals surface area contributed by atoms with Crippen molar-refractivity contribution in [1.82, 2.24) is 19.9 Å². The standard InChI is InChI=1S/C25H27N5O4S/c1-35(31,32)20-6-7-22-23(15-20)29-25(28-22)21-14-18(16-27-24(21)26)17-2-4-19(5-3-17)34-13-10-30-8-11-33-12-9-30/h2-7,14-16H,8-13H2,1H3,(H2,26,27)(H,28,29). The molecule has 0 spiro atoms. The van der Waals surface area contributed by atoms with Gasteiger partial charge in [-0.2, -0.15) is 0 Å². The van der Waals surface area contributed by atoms with E-state index in [0.29, 0.717) is 34.8 Å². The summed E-state index contributed by atoms with van der Waals surface area (Å²) >= 11 is 0. The van der Waals surface area contributed by atoms with Gasteiger partial charge in [0.15, 0.2) is 9.84 Å². The summed E-state index contributed by atoms with van der Waals surface area (Å²) in [5.74, 6) is 1.67. The average Bonchev–Trinajstić information content (AvgIpc) is 3.28. The smallest absolute Gasteiger partial charge is 0.175 e. The lowest BCUT2D eigenvalue weighted by atomic mass is 10.1. The van der Waals surface area contributed by atoms with Crippen molar-refractivity contribution >= 4 is 26.7 Å². The van der Waals surface area contributed by atoms with E-state index in [1.807, 2.05) is 30.3 Å².